The summed E-state index contributed by atoms with van der Waals surface area (Å²) in [5.74, 6) is 5.43. The maximum Gasteiger partial charge on any atom is 0.123 e. The molecule has 0 heterocycles. The highest BCUT2D eigenvalue weighted by Gasteiger charge is 2.03. The van der Waals surface area contributed by atoms with Crippen LogP contribution in [0.1, 0.15) is 24.9 Å². The zero-order valence-corrected chi connectivity index (χ0v) is 7.55. The smallest absolute Gasteiger partial charge is 0.123 e. The molecule has 0 fully saturated rings. The van der Waals surface area contributed by atoms with Gasteiger partial charge >= 0.3 is 0 Å². The van der Waals surface area contributed by atoms with Crippen LogP contribution < -0.4 is 5.73 Å². The fraction of sp³-hybridized carbons (Fsp3) is 0.273. The minimum Gasteiger partial charge on any atom is -0.323 e. The van der Waals surface area contributed by atoms with Crippen molar-refractivity contribution in [3.05, 3.63) is 35.6 Å². The van der Waals surface area contributed by atoms with E-state index in [-0.39, 0.29) is 11.9 Å². The van der Waals surface area contributed by atoms with E-state index in [2.05, 4.69) is 11.8 Å². The first kappa shape index (κ1) is 9.76. The third-order valence-electron chi connectivity index (χ3n) is 1.80. The Morgan fingerprint density at radius 2 is 2.00 bits per heavy atom. The van der Waals surface area contributed by atoms with E-state index in [1.807, 2.05) is 0 Å². The maximum absolute atomic E-state index is 12.5. The monoisotopic (exact) mass is 177 g/mol. The highest BCUT2D eigenvalue weighted by Crippen LogP contribution is 2.13. The van der Waals surface area contributed by atoms with E-state index in [1.165, 1.54) is 12.1 Å². The SMILES string of the molecule is CC#CCC(N)c1ccc(F)cc1. The van der Waals surface area contributed by atoms with Crippen LogP contribution in [0.25, 0.3) is 0 Å². The summed E-state index contributed by atoms with van der Waals surface area (Å²) >= 11 is 0. The summed E-state index contributed by atoms with van der Waals surface area (Å²) < 4.78 is 12.5. The van der Waals surface area contributed by atoms with Crippen LogP contribution in [0.15, 0.2) is 24.3 Å². The molecule has 0 saturated carbocycles. The Balaban J connectivity index is 2.69. The van der Waals surface area contributed by atoms with Gasteiger partial charge in [-0.05, 0) is 24.6 Å². The molecular formula is C11H12FN. The molecular weight excluding hydrogens is 165 g/mol. The first-order chi connectivity index (χ1) is 6.24. The predicted molar refractivity (Wildman–Crippen MR) is 51.4 cm³/mol. The van der Waals surface area contributed by atoms with E-state index in [1.54, 1.807) is 19.1 Å². The predicted octanol–water partition coefficient (Wildman–Crippen LogP) is 2.24. The van der Waals surface area contributed by atoms with Crippen LogP contribution >= 0.6 is 0 Å². The Bertz CT molecular complexity index is 318. The van der Waals surface area contributed by atoms with Gasteiger partial charge in [0.25, 0.3) is 0 Å². The summed E-state index contributed by atoms with van der Waals surface area (Å²) in [5, 5.41) is 0. The Kier molecular flexibility index (Phi) is 3.48. The summed E-state index contributed by atoms with van der Waals surface area (Å²) in [6.07, 6.45) is 0.613. The molecule has 0 radical (unpaired) electrons. The molecule has 13 heavy (non-hydrogen) atoms. The van der Waals surface area contributed by atoms with Crippen molar-refractivity contribution in [2.24, 2.45) is 5.73 Å². The lowest BCUT2D eigenvalue weighted by Gasteiger charge is -2.07. The summed E-state index contributed by atoms with van der Waals surface area (Å²) in [5.41, 5.74) is 6.73. The van der Waals surface area contributed by atoms with Crippen molar-refractivity contribution < 1.29 is 4.39 Å². The second kappa shape index (κ2) is 4.64. The van der Waals surface area contributed by atoms with Gasteiger partial charge in [-0.15, -0.1) is 11.8 Å². The number of halogens is 1. The van der Waals surface area contributed by atoms with Gasteiger partial charge in [-0.2, -0.15) is 0 Å². The Morgan fingerprint density at radius 1 is 1.38 bits per heavy atom. The molecule has 0 saturated heterocycles. The first-order valence-corrected chi connectivity index (χ1v) is 4.14. The number of hydrogen-bond donors (Lipinski definition) is 1. The van der Waals surface area contributed by atoms with Crippen LogP contribution in [0.3, 0.4) is 0 Å². The zero-order valence-electron chi connectivity index (χ0n) is 7.55. The molecule has 2 heteroatoms. The molecule has 0 aliphatic heterocycles. The molecule has 1 nitrogen and oxygen atoms in total. The van der Waals surface area contributed by atoms with Gasteiger partial charge in [0.2, 0.25) is 0 Å². The molecule has 0 spiro atoms. The van der Waals surface area contributed by atoms with Gasteiger partial charge in [-0.1, -0.05) is 12.1 Å². The quantitative estimate of drug-likeness (QED) is 0.689. The zero-order chi connectivity index (χ0) is 9.68. The van der Waals surface area contributed by atoms with Gasteiger partial charge in [0, 0.05) is 12.5 Å². The Hall–Kier alpha value is -1.33. The van der Waals surface area contributed by atoms with E-state index < -0.39 is 0 Å². The minimum absolute atomic E-state index is 0.118. The number of rotatable bonds is 2. The van der Waals surface area contributed by atoms with Crippen LogP contribution in [0.5, 0.6) is 0 Å². The molecule has 1 aromatic carbocycles. The van der Waals surface area contributed by atoms with E-state index in [0.717, 1.165) is 5.56 Å². The summed E-state index contributed by atoms with van der Waals surface area (Å²) in [6.45, 7) is 1.78. The van der Waals surface area contributed by atoms with Gasteiger partial charge in [0.15, 0.2) is 0 Å². The van der Waals surface area contributed by atoms with Crippen molar-refractivity contribution in [1.82, 2.24) is 0 Å². The maximum atomic E-state index is 12.5. The van der Waals surface area contributed by atoms with Crippen molar-refractivity contribution in [3.63, 3.8) is 0 Å². The first-order valence-electron chi connectivity index (χ1n) is 4.14. The van der Waals surface area contributed by atoms with Crippen LogP contribution in [0.2, 0.25) is 0 Å². The van der Waals surface area contributed by atoms with Crippen LogP contribution in [0, 0.1) is 17.7 Å². The number of benzene rings is 1. The molecule has 1 atom stereocenters. The molecule has 1 unspecified atom stereocenters. The third kappa shape index (κ3) is 2.89. The fourth-order valence-electron chi connectivity index (χ4n) is 1.04. The lowest BCUT2D eigenvalue weighted by Crippen LogP contribution is -2.08. The van der Waals surface area contributed by atoms with E-state index in [4.69, 9.17) is 5.73 Å². The van der Waals surface area contributed by atoms with Gasteiger partial charge in [-0.3, -0.25) is 0 Å². The molecule has 0 aliphatic carbocycles. The highest BCUT2D eigenvalue weighted by molar-refractivity contribution is 5.21. The lowest BCUT2D eigenvalue weighted by atomic mass is 10.1. The lowest BCUT2D eigenvalue weighted by molar-refractivity contribution is 0.625. The number of hydrogen-bond acceptors (Lipinski definition) is 1. The molecule has 0 amide bonds. The van der Waals surface area contributed by atoms with Crippen molar-refractivity contribution in [1.29, 1.82) is 0 Å². The van der Waals surface area contributed by atoms with Gasteiger partial charge in [0.05, 0.1) is 0 Å². The van der Waals surface area contributed by atoms with Crippen molar-refractivity contribution in [2.75, 3.05) is 0 Å². The van der Waals surface area contributed by atoms with E-state index in [9.17, 15) is 4.39 Å². The highest BCUT2D eigenvalue weighted by atomic mass is 19.1. The average Bonchev–Trinajstić information content (AvgIpc) is 2.15. The van der Waals surface area contributed by atoms with Crippen LogP contribution in [0.4, 0.5) is 4.39 Å². The molecule has 0 bridgehead atoms. The van der Waals surface area contributed by atoms with Crippen molar-refractivity contribution in [3.8, 4) is 11.8 Å². The normalized spacial score (nSPS) is 11.6. The summed E-state index contributed by atoms with van der Waals surface area (Å²) in [4.78, 5) is 0. The van der Waals surface area contributed by atoms with Gasteiger partial charge in [-0.25, -0.2) is 4.39 Å². The summed E-state index contributed by atoms with van der Waals surface area (Å²) in [7, 11) is 0. The summed E-state index contributed by atoms with van der Waals surface area (Å²) in [6, 6.07) is 6.09. The standard InChI is InChI=1S/C11H12FN/c1-2-3-4-11(13)9-5-7-10(12)8-6-9/h5-8,11H,4,13H2,1H3. The van der Waals surface area contributed by atoms with Crippen molar-refractivity contribution in [2.45, 2.75) is 19.4 Å². The van der Waals surface area contributed by atoms with Gasteiger partial charge < -0.3 is 5.73 Å². The van der Waals surface area contributed by atoms with Crippen LogP contribution in [-0.2, 0) is 0 Å². The van der Waals surface area contributed by atoms with Gasteiger partial charge in [0.1, 0.15) is 5.82 Å². The van der Waals surface area contributed by atoms with Crippen LogP contribution in [-0.4, -0.2) is 0 Å². The largest absolute Gasteiger partial charge is 0.323 e. The Morgan fingerprint density at radius 3 is 2.54 bits per heavy atom. The molecule has 0 aromatic heterocycles. The van der Waals surface area contributed by atoms with E-state index >= 15 is 0 Å². The molecule has 68 valence electrons. The number of nitrogens with two attached hydrogens (primary N) is 1. The Labute approximate surface area is 77.8 Å². The third-order valence-corrected chi connectivity index (χ3v) is 1.80. The molecule has 2 N–H and O–H groups in total. The molecule has 1 rings (SSSR count). The van der Waals surface area contributed by atoms with Crippen molar-refractivity contribution >= 4 is 0 Å². The average molecular weight is 177 g/mol. The second-order valence-electron chi connectivity index (χ2n) is 2.79. The van der Waals surface area contributed by atoms with E-state index in [0.29, 0.717) is 6.42 Å². The second-order valence-corrected chi connectivity index (χ2v) is 2.79. The fourth-order valence-corrected chi connectivity index (χ4v) is 1.04. The topological polar surface area (TPSA) is 26.0 Å². The molecule has 1 aromatic rings. The minimum atomic E-state index is -0.238. The molecule has 0 aliphatic rings.